The minimum atomic E-state index is -1.23. The number of benzene rings is 1. The lowest BCUT2D eigenvalue weighted by atomic mass is 10.3. The van der Waals surface area contributed by atoms with Gasteiger partial charge in [-0.1, -0.05) is 0 Å². The van der Waals surface area contributed by atoms with Gasteiger partial charge in [0.25, 0.3) is 0 Å². The van der Waals surface area contributed by atoms with E-state index in [1.165, 1.54) is 37.4 Å². The van der Waals surface area contributed by atoms with Gasteiger partial charge in [0.2, 0.25) is 11.6 Å². The monoisotopic (exact) mass is 291 g/mol. The third-order valence-corrected chi connectivity index (χ3v) is 2.44. The molecule has 0 spiro atoms. The Morgan fingerprint density at radius 2 is 2.05 bits per heavy atom. The lowest BCUT2D eigenvalue weighted by molar-refractivity contribution is -0.385. The molecule has 108 valence electrons. The highest BCUT2D eigenvalue weighted by Crippen LogP contribution is 2.33. The molecule has 0 saturated heterocycles. The summed E-state index contributed by atoms with van der Waals surface area (Å²) in [6.45, 7) is 0. The fourth-order valence-electron chi connectivity index (χ4n) is 1.46. The van der Waals surface area contributed by atoms with Gasteiger partial charge >= 0.3 is 11.7 Å². The zero-order valence-electron chi connectivity index (χ0n) is 10.7. The van der Waals surface area contributed by atoms with E-state index in [0.29, 0.717) is 5.75 Å². The molecule has 0 atom stereocenters. The second kappa shape index (κ2) is 5.82. The lowest BCUT2D eigenvalue weighted by Gasteiger charge is -2.06. The van der Waals surface area contributed by atoms with E-state index in [0.717, 1.165) is 0 Å². The predicted molar refractivity (Wildman–Crippen MR) is 68.7 cm³/mol. The van der Waals surface area contributed by atoms with Crippen molar-refractivity contribution in [1.82, 2.24) is 10.2 Å². The van der Waals surface area contributed by atoms with E-state index in [1.807, 2.05) is 0 Å². The molecule has 9 nitrogen and oxygen atoms in total. The Bertz CT molecular complexity index is 686. The van der Waals surface area contributed by atoms with Crippen LogP contribution in [-0.4, -0.2) is 33.3 Å². The van der Waals surface area contributed by atoms with Crippen molar-refractivity contribution >= 4 is 11.7 Å². The van der Waals surface area contributed by atoms with Gasteiger partial charge in [-0.25, -0.2) is 4.79 Å². The van der Waals surface area contributed by atoms with Gasteiger partial charge in [0.1, 0.15) is 5.75 Å². The topological polar surface area (TPSA) is 125 Å². The SMILES string of the molecule is COc1ccc([N+](=O)[O-])c(Oc2ccc(C(=O)O)nn2)c1. The first kappa shape index (κ1) is 14.2. The van der Waals surface area contributed by atoms with E-state index in [1.54, 1.807) is 0 Å². The number of nitro benzene ring substituents is 1. The highest BCUT2D eigenvalue weighted by Gasteiger charge is 2.18. The molecule has 1 N–H and O–H groups in total. The Hall–Kier alpha value is -3.23. The van der Waals surface area contributed by atoms with Crippen LogP contribution >= 0.6 is 0 Å². The van der Waals surface area contributed by atoms with E-state index in [2.05, 4.69) is 10.2 Å². The zero-order valence-corrected chi connectivity index (χ0v) is 10.7. The number of ether oxygens (including phenoxy) is 2. The Labute approximate surface area is 117 Å². The number of methoxy groups -OCH3 is 1. The number of nitrogens with zero attached hydrogens (tertiary/aromatic N) is 3. The maximum Gasteiger partial charge on any atom is 0.356 e. The number of rotatable bonds is 5. The summed E-state index contributed by atoms with van der Waals surface area (Å²) in [6.07, 6.45) is 0. The number of carboxylic acids is 1. The second-order valence-electron chi connectivity index (χ2n) is 3.75. The average Bonchev–Trinajstić information content (AvgIpc) is 2.47. The van der Waals surface area contributed by atoms with Crippen molar-refractivity contribution in [2.45, 2.75) is 0 Å². The van der Waals surface area contributed by atoms with Gasteiger partial charge in [-0.2, -0.15) is 0 Å². The van der Waals surface area contributed by atoms with Crippen molar-refractivity contribution in [1.29, 1.82) is 0 Å². The number of carboxylic acid groups (broad SMARTS) is 1. The summed E-state index contributed by atoms with van der Waals surface area (Å²) >= 11 is 0. The summed E-state index contributed by atoms with van der Waals surface area (Å²) in [6, 6.07) is 6.40. The summed E-state index contributed by atoms with van der Waals surface area (Å²) < 4.78 is 10.2. The van der Waals surface area contributed by atoms with Crippen LogP contribution in [0.15, 0.2) is 30.3 Å². The summed E-state index contributed by atoms with van der Waals surface area (Å²) in [4.78, 5) is 21.0. The predicted octanol–water partition coefficient (Wildman–Crippen LogP) is 1.88. The first-order chi connectivity index (χ1) is 10.0. The number of carbonyl (C=O) groups is 1. The van der Waals surface area contributed by atoms with Gasteiger partial charge in [-0.3, -0.25) is 10.1 Å². The van der Waals surface area contributed by atoms with Crippen LogP contribution in [-0.2, 0) is 0 Å². The average molecular weight is 291 g/mol. The highest BCUT2D eigenvalue weighted by molar-refractivity contribution is 5.84. The third-order valence-electron chi connectivity index (χ3n) is 2.44. The van der Waals surface area contributed by atoms with Crippen molar-refractivity contribution < 1.29 is 24.3 Å². The van der Waals surface area contributed by atoms with Crippen LogP contribution in [0.2, 0.25) is 0 Å². The van der Waals surface area contributed by atoms with Gasteiger partial charge < -0.3 is 14.6 Å². The number of aromatic nitrogens is 2. The first-order valence-electron chi connectivity index (χ1n) is 5.58. The maximum absolute atomic E-state index is 10.9. The third kappa shape index (κ3) is 3.21. The van der Waals surface area contributed by atoms with Crippen LogP contribution in [0.3, 0.4) is 0 Å². The molecule has 2 rings (SSSR count). The van der Waals surface area contributed by atoms with E-state index in [4.69, 9.17) is 14.6 Å². The maximum atomic E-state index is 10.9. The molecular weight excluding hydrogens is 282 g/mol. The standard InChI is InChI=1S/C12H9N3O6/c1-20-7-2-4-9(15(18)19)10(6-7)21-11-5-3-8(12(16)17)13-14-11/h2-6H,1H3,(H,16,17). The van der Waals surface area contributed by atoms with Crippen LogP contribution in [0.1, 0.15) is 10.5 Å². The molecule has 2 aromatic rings. The number of hydrogen-bond acceptors (Lipinski definition) is 7. The molecule has 9 heteroatoms. The molecule has 0 radical (unpaired) electrons. The van der Waals surface area contributed by atoms with Crippen LogP contribution in [0, 0.1) is 10.1 Å². The summed E-state index contributed by atoms with van der Waals surface area (Å²) in [5.41, 5.74) is -0.539. The van der Waals surface area contributed by atoms with Gasteiger partial charge in [-0.15, -0.1) is 10.2 Å². The smallest absolute Gasteiger partial charge is 0.356 e. The molecular formula is C12H9N3O6. The zero-order chi connectivity index (χ0) is 15.4. The largest absolute Gasteiger partial charge is 0.497 e. The minimum Gasteiger partial charge on any atom is -0.497 e. The minimum absolute atomic E-state index is 0.0728. The number of hydrogen-bond donors (Lipinski definition) is 1. The summed E-state index contributed by atoms with van der Waals surface area (Å²) in [7, 11) is 1.41. The van der Waals surface area contributed by atoms with Crippen LogP contribution in [0.4, 0.5) is 5.69 Å². The lowest BCUT2D eigenvalue weighted by Crippen LogP contribution is -2.02. The Kier molecular flexibility index (Phi) is 3.93. The fourth-order valence-corrected chi connectivity index (χ4v) is 1.46. The molecule has 0 aliphatic heterocycles. The van der Waals surface area contributed by atoms with E-state index < -0.39 is 10.9 Å². The quantitative estimate of drug-likeness (QED) is 0.653. The molecule has 1 aromatic heterocycles. The number of aromatic carboxylic acids is 1. The van der Waals surface area contributed by atoms with Crippen molar-refractivity contribution in [3.05, 3.63) is 46.1 Å². The van der Waals surface area contributed by atoms with Gasteiger partial charge in [0.15, 0.2) is 5.69 Å². The molecule has 0 fully saturated rings. The van der Waals surface area contributed by atoms with Crippen LogP contribution in [0.25, 0.3) is 0 Å². The molecule has 21 heavy (non-hydrogen) atoms. The molecule has 1 aromatic carbocycles. The fraction of sp³-hybridized carbons (Fsp3) is 0.0833. The number of nitro groups is 1. The molecule has 0 aliphatic carbocycles. The molecule has 0 aliphatic rings. The van der Waals surface area contributed by atoms with E-state index in [9.17, 15) is 14.9 Å². The second-order valence-corrected chi connectivity index (χ2v) is 3.75. The van der Waals surface area contributed by atoms with Gasteiger partial charge in [-0.05, 0) is 12.1 Å². The van der Waals surface area contributed by atoms with Crippen molar-refractivity contribution in [3.63, 3.8) is 0 Å². The molecule has 0 amide bonds. The molecule has 0 unspecified atom stereocenters. The molecule has 0 bridgehead atoms. The highest BCUT2D eigenvalue weighted by atomic mass is 16.6. The van der Waals surface area contributed by atoms with Crippen LogP contribution < -0.4 is 9.47 Å². The first-order valence-corrected chi connectivity index (χ1v) is 5.58. The molecule has 1 heterocycles. The van der Waals surface area contributed by atoms with E-state index in [-0.39, 0.29) is 23.0 Å². The Balaban J connectivity index is 2.33. The van der Waals surface area contributed by atoms with E-state index >= 15 is 0 Å². The normalized spacial score (nSPS) is 9.95. The summed E-state index contributed by atoms with van der Waals surface area (Å²) in [5, 5.41) is 26.6. The molecule has 0 saturated carbocycles. The van der Waals surface area contributed by atoms with Gasteiger partial charge in [0, 0.05) is 18.2 Å². The summed E-state index contributed by atoms with van der Waals surface area (Å²) in [5.74, 6) is -1.03. The van der Waals surface area contributed by atoms with Crippen LogP contribution in [0.5, 0.6) is 17.4 Å². The van der Waals surface area contributed by atoms with Crippen molar-refractivity contribution in [2.75, 3.05) is 7.11 Å². The Morgan fingerprint density at radius 1 is 1.29 bits per heavy atom. The van der Waals surface area contributed by atoms with Crippen molar-refractivity contribution in [3.8, 4) is 17.4 Å². The van der Waals surface area contributed by atoms with Crippen molar-refractivity contribution in [2.24, 2.45) is 0 Å². The Morgan fingerprint density at radius 3 is 2.57 bits per heavy atom. The van der Waals surface area contributed by atoms with Gasteiger partial charge in [0.05, 0.1) is 12.0 Å².